The third-order valence-corrected chi connectivity index (χ3v) is 3.22. The number of benzene rings is 1. The molecule has 0 aromatic heterocycles. The van der Waals surface area contributed by atoms with Gasteiger partial charge in [-0.3, -0.25) is 0 Å². The smallest absolute Gasteiger partial charge is 0.184 e. The molecule has 2 rings (SSSR count). The maximum Gasteiger partial charge on any atom is 0.184 e. The van der Waals surface area contributed by atoms with Crippen molar-refractivity contribution in [3.63, 3.8) is 0 Å². The minimum absolute atomic E-state index is 0.228. The van der Waals surface area contributed by atoms with Gasteiger partial charge in [-0.1, -0.05) is 18.1 Å². The quantitative estimate of drug-likeness (QED) is 0.526. The third kappa shape index (κ3) is 2.95. The predicted octanol–water partition coefficient (Wildman–Crippen LogP) is -0.990. The Morgan fingerprint density at radius 3 is 2.26 bits per heavy atom. The van der Waals surface area contributed by atoms with Crippen LogP contribution in [0, 0.1) is 12.3 Å². The molecule has 1 aliphatic heterocycles. The van der Waals surface area contributed by atoms with Crippen molar-refractivity contribution in [2.24, 2.45) is 0 Å². The average Bonchev–Trinajstić information content (AvgIpc) is 2.67. The Morgan fingerprint density at radius 2 is 1.79 bits per heavy atom. The van der Waals surface area contributed by atoms with Gasteiger partial charge in [-0.15, -0.1) is 6.42 Å². The largest absolute Gasteiger partial charge is 0.390 e. The fourth-order valence-electron chi connectivity index (χ4n) is 2.10. The molecule has 1 fully saturated rings. The van der Waals surface area contributed by atoms with Gasteiger partial charge in [-0.25, -0.2) is 0 Å². The zero-order valence-electron chi connectivity index (χ0n) is 10.2. The molecule has 1 aliphatic rings. The Balaban J connectivity index is 2.01. The second-order valence-electron chi connectivity index (χ2n) is 4.59. The number of aliphatic hydroxyl groups is 4. The molecule has 1 aromatic carbocycles. The lowest BCUT2D eigenvalue weighted by molar-refractivity contribution is -0.145. The predicted molar refractivity (Wildman–Crippen MR) is 67.0 cm³/mol. The summed E-state index contributed by atoms with van der Waals surface area (Å²) < 4.78 is 4.94. The van der Waals surface area contributed by atoms with Crippen molar-refractivity contribution in [1.29, 1.82) is 0 Å². The molecule has 2 unspecified atom stereocenters. The Kier molecular flexibility index (Phi) is 4.20. The van der Waals surface area contributed by atoms with Gasteiger partial charge in [0.2, 0.25) is 0 Å². The van der Waals surface area contributed by atoms with Crippen LogP contribution in [-0.4, -0.2) is 51.1 Å². The lowest BCUT2D eigenvalue weighted by Crippen LogP contribution is -2.39. The lowest BCUT2D eigenvalue weighted by atomic mass is 9.99. The van der Waals surface area contributed by atoms with Gasteiger partial charge in [0.15, 0.2) is 6.29 Å². The highest BCUT2D eigenvalue weighted by Gasteiger charge is 2.45. The molecule has 1 aromatic rings. The summed E-state index contributed by atoms with van der Waals surface area (Å²) in [6.07, 6.45) is -0.759. The van der Waals surface area contributed by atoms with E-state index >= 15 is 0 Å². The zero-order chi connectivity index (χ0) is 14.0. The number of terminal acetylenes is 1. The van der Waals surface area contributed by atoms with Crippen molar-refractivity contribution in [2.45, 2.75) is 37.1 Å². The molecular formula is C14H16O5. The van der Waals surface area contributed by atoms with Crippen molar-refractivity contribution in [3.8, 4) is 12.3 Å². The van der Waals surface area contributed by atoms with Crippen LogP contribution in [0.4, 0.5) is 0 Å². The maximum atomic E-state index is 9.99. The molecule has 0 amide bonds. The highest BCUT2D eigenvalue weighted by Crippen LogP contribution is 2.23. The highest BCUT2D eigenvalue weighted by atomic mass is 16.6. The van der Waals surface area contributed by atoms with Crippen LogP contribution in [0.5, 0.6) is 0 Å². The molecule has 4 N–H and O–H groups in total. The van der Waals surface area contributed by atoms with Gasteiger partial charge in [-0.2, -0.15) is 0 Å². The van der Waals surface area contributed by atoms with Crippen LogP contribution in [0.25, 0.3) is 0 Å². The number of rotatable bonds is 3. The summed E-state index contributed by atoms with van der Waals surface area (Å²) >= 11 is 0. The fraction of sp³-hybridized carbons (Fsp3) is 0.429. The van der Waals surface area contributed by atoms with Crippen LogP contribution in [0.3, 0.4) is 0 Å². The molecule has 0 radical (unpaired) electrons. The van der Waals surface area contributed by atoms with Gasteiger partial charge in [0.1, 0.15) is 18.3 Å². The summed E-state index contributed by atoms with van der Waals surface area (Å²) in [6.45, 7) is 0. The Hall–Kier alpha value is -1.42. The minimum atomic E-state index is -1.47. The van der Waals surface area contributed by atoms with Crippen LogP contribution < -0.4 is 0 Å². The molecule has 5 nitrogen and oxygen atoms in total. The van der Waals surface area contributed by atoms with Crippen molar-refractivity contribution < 1.29 is 25.2 Å². The van der Waals surface area contributed by atoms with E-state index < -0.39 is 30.7 Å². The lowest BCUT2D eigenvalue weighted by Gasteiger charge is -2.20. The summed E-state index contributed by atoms with van der Waals surface area (Å²) in [5.74, 6) is 2.49. The second-order valence-corrected chi connectivity index (χ2v) is 4.59. The van der Waals surface area contributed by atoms with E-state index in [4.69, 9.17) is 11.2 Å². The van der Waals surface area contributed by atoms with E-state index in [0.717, 1.165) is 11.1 Å². The monoisotopic (exact) mass is 264 g/mol. The summed E-state index contributed by atoms with van der Waals surface area (Å²) in [5.41, 5.74) is 1.56. The summed E-state index contributed by atoms with van der Waals surface area (Å²) in [4.78, 5) is 0. The number of ether oxygens (including phenoxy) is 1. The van der Waals surface area contributed by atoms with Gasteiger partial charge in [0, 0.05) is 12.0 Å². The van der Waals surface area contributed by atoms with Gasteiger partial charge in [0.05, 0.1) is 6.10 Å². The van der Waals surface area contributed by atoms with Gasteiger partial charge in [0.25, 0.3) is 0 Å². The molecule has 19 heavy (non-hydrogen) atoms. The Morgan fingerprint density at radius 1 is 1.16 bits per heavy atom. The van der Waals surface area contributed by atoms with E-state index in [1.807, 2.05) is 0 Å². The van der Waals surface area contributed by atoms with Crippen LogP contribution in [-0.2, 0) is 11.2 Å². The van der Waals surface area contributed by atoms with Crippen molar-refractivity contribution in [2.75, 3.05) is 0 Å². The Labute approximate surface area is 111 Å². The number of hydrogen-bond acceptors (Lipinski definition) is 5. The third-order valence-electron chi connectivity index (χ3n) is 3.22. The van der Waals surface area contributed by atoms with E-state index in [2.05, 4.69) is 5.92 Å². The molecular weight excluding hydrogens is 248 g/mol. The summed E-state index contributed by atoms with van der Waals surface area (Å²) in [6, 6.07) is 7.04. The van der Waals surface area contributed by atoms with E-state index in [1.165, 1.54) is 0 Å². The van der Waals surface area contributed by atoms with E-state index in [9.17, 15) is 20.4 Å². The summed E-state index contributed by atoms with van der Waals surface area (Å²) in [5, 5.41) is 38.2. The first-order valence-corrected chi connectivity index (χ1v) is 5.96. The van der Waals surface area contributed by atoms with E-state index in [0.29, 0.717) is 0 Å². The first kappa shape index (κ1) is 14.0. The minimum Gasteiger partial charge on any atom is -0.390 e. The van der Waals surface area contributed by atoms with Crippen LogP contribution in [0.2, 0.25) is 0 Å². The van der Waals surface area contributed by atoms with Crippen LogP contribution >= 0.6 is 0 Å². The van der Waals surface area contributed by atoms with Crippen molar-refractivity contribution >= 4 is 0 Å². The fourth-order valence-corrected chi connectivity index (χ4v) is 2.10. The van der Waals surface area contributed by atoms with E-state index in [-0.39, 0.29) is 6.42 Å². The first-order chi connectivity index (χ1) is 9.02. The number of hydrogen-bond donors (Lipinski definition) is 4. The SMILES string of the molecule is C#Cc1ccc(CC(O)[C@H]2OC(O)[C@@H](O)[C@@H]2O)cc1. The van der Waals surface area contributed by atoms with Gasteiger partial charge < -0.3 is 25.2 Å². The standard InChI is InChI=1S/C14H16O5/c1-2-8-3-5-9(6-4-8)7-10(15)13-11(16)12(17)14(18)19-13/h1,3-6,10-18H,7H2/t10?,11-,12-,13+,14?/m0/s1. The Bertz CT molecular complexity index is 464. The molecule has 1 heterocycles. The van der Waals surface area contributed by atoms with Crippen molar-refractivity contribution in [3.05, 3.63) is 35.4 Å². The first-order valence-electron chi connectivity index (χ1n) is 5.96. The molecule has 5 atom stereocenters. The molecule has 5 heteroatoms. The van der Waals surface area contributed by atoms with Gasteiger partial charge in [-0.05, 0) is 17.7 Å². The molecule has 0 aliphatic carbocycles. The summed E-state index contributed by atoms with van der Waals surface area (Å²) in [7, 11) is 0. The van der Waals surface area contributed by atoms with Gasteiger partial charge >= 0.3 is 0 Å². The normalized spacial score (nSPS) is 31.9. The maximum absolute atomic E-state index is 9.99. The average molecular weight is 264 g/mol. The topological polar surface area (TPSA) is 90.2 Å². The molecule has 0 bridgehead atoms. The van der Waals surface area contributed by atoms with Crippen LogP contribution in [0.15, 0.2) is 24.3 Å². The molecule has 102 valence electrons. The van der Waals surface area contributed by atoms with Crippen LogP contribution in [0.1, 0.15) is 11.1 Å². The second kappa shape index (κ2) is 5.70. The molecule has 0 saturated carbocycles. The molecule has 0 spiro atoms. The number of aliphatic hydroxyl groups excluding tert-OH is 4. The highest BCUT2D eigenvalue weighted by molar-refractivity contribution is 5.34. The zero-order valence-corrected chi connectivity index (χ0v) is 10.2. The van der Waals surface area contributed by atoms with Crippen molar-refractivity contribution in [1.82, 2.24) is 0 Å². The van der Waals surface area contributed by atoms with E-state index in [1.54, 1.807) is 24.3 Å². The molecule has 1 saturated heterocycles.